The SMILES string of the molecule is CCN(Cc1ccccc1C)C(=O)C1CCN(C(=O)c2ccco2)CC1. The van der Waals surface area contributed by atoms with E-state index in [2.05, 4.69) is 19.1 Å². The van der Waals surface area contributed by atoms with Crippen LogP contribution in [-0.2, 0) is 11.3 Å². The van der Waals surface area contributed by atoms with Crippen molar-refractivity contribution in [2.24, 2.45) is 5.92 Å². The molecule has 1 aromatic carbocycles. The first-order chi connectivity index (χ1) is 12.6. The third kappa shape index (κ3) is 3.98. The zero-order valence-electron chi connectivity index (χ0n) is 15.5. The molecular weight excluding hydrogens is 328 g/mol. The van der Waals surface area contributed by atoms with E-state index in [1.807, 2.05) is 24.0 Å². The van der Waals surface area contributed by atoms with Gasteiger partial charge in [0.25, 0.3) is 5.91 Å². The van der Waals surface area contributed by atoms with E-state index >= 15 is 0 Å². The molecule has 0 aliphatic carbocycles. The molecule has 1 saturated heterocycles. The van der Waals surface area contributed by atoms with Crippen molar-refractivity contribution in [2.45, 2.75) is 33.2 Å². The van der Waals surface area contributed by atoms with Gasteiger partial charge in [0, 0.05) is 32.1 Å². The van der Waals surface area contributed by atoms with Gasteiger partial charge in [-0.1, -0.05) is 24.3 Å². The lowest BCUT2D eigenvalue weighted by molar-refractivity contribution is -0.137. The number of piperidine rings is 1. The van der Waals surface area contributed by atoms with Crippen LogP contribution in [-0.4, -0.2) is 41.2 Å². The summed E-state index contributed by atoms with van der Waals surface area (Å²) in [7, 11) is 0. The van der Waals surface area contributed by atoms with Crippen molar-refractivity contribution in [3.8, 4) is 0 Å². The maximum Gasteiger partial charge on any atom is 0.289 e. The number of furan rings is 1. The average Bonchev–Trinajstić information content (AvgIpc) is 3.21. The fraction of sp³-hybridized carbons (Fsp3) is 0.429. The lowest BCUT2D eigenvalue weighted by atomic mass is 9.94. The fourth-order valence-corrected chi connectivity index (χ4v) is 3.48. The van der Waals surface area contributed by atoms with Gasteiger partial charge in [-0.2, -0.15) is 0 Å². The number of nitrogens with zero attached hydrogens (tertiary/aromatic N) is 2. The number of likely N-dealkylation sites (tertiary alicyclic amines) is 1. The zero-order valence-corrected chi connectivity index (χ0v) is 15.5. The summed E-state index contributed by atoms with van der Waals surface area (Å²) in [6.07, 6.45) is 2.92. The van der Waals surface area contributed by atoms with Gasteiger partial charge in [0.15, 0.2) is 5.76 Å². The molecule has 2 heterocycles. The predicted octanol–water partition coefficient (Wildman–Crippen LogP) is 3.49. The number of hydrogen-bond donors (Lipinski definition) is 0. The summed E-state index contributed by atoms with van der Waals surface area (Å²) in [5.41, 5.74) is 2.39. The molecule has 0 spiro atoms. The highest BCUT2D eigenvalue weighted by molar-refractivity contribution is 5.91. The number of aryl methyl sites for hydroxylation is 1. The monoisotopic (exact) mass is 354 g/mol. The van der Waals surface area contributed by atoms with Crippen LogP contribution in [0.5, 0.6) is 0 Å². The van der Waals surface area contributed by atoms with Crippen molar-refractivity contribution in [1.29, 1.82) is 0 Å². The van der Waals surface area contributed by atoms with Crippen molar-refractivity contribution in [3.05, 3.63) is 59.5 Å². The van der Waals surface area contributed by atoms with Gasteiger partial charge < -0.3 is 14.2 Å². The molecule has 0 atom stereocenters. The van der Waals surface area contributed by atoms with E-state index in [9.17, 15) is 9.59 Å². The van der Waals surface area contributed by atoms with Crippen LogP contribution in [0, 0.1) is 12.8 Å². The standard InChI is InChI=1S/C21H26N2O3/c1-3-22(15-18-8-5-4-7-16(18)2)20(24)17-10-12-23(13-11-17)21(25)19-9-6-14-26-19/h4-9,14,17H,3,10-13,15H2,1-2H3. The second-order valence-electron chi connectivity index (χ2n) is 6.82. The van der Waals surface area contributed by atoms with Crippen molar-refractivity contribution >= 4 is 11.8 Å². The van der Waals surface area contributed by atoms with E-state index in [0.29, 0.717) is 44.8 Å². The Bertz CT molecular complexity index is 746. The topological polar surface area (TPSA) is 53.8 Å². The smallest absolute Gasteiger partial charge is 0.289 e. The Morgan fingerprint density at radius 2 is 1.88 bits per heavy atom. The summed E-state index contributed by atoms with van der Waals surface area (Å²) in [5.74, 6) is 0.457. The maximum absolute atomic E-state index is 13.0. The van der Waals surface area contributed by atoms with Gasteiger partial charge in [-0.05, 0) is 49.9 Å². The Kier molecular flexibility index (Phi) is 5.76. The minimum Gasteiger partial charge on any atom is -0.459 e. The highest BCUT2D eigenvalue weighted by Crippen LogP contribution is 2.22. The van der Waals surface area contributed by atoms with Crippen LogP contribution < -0.4 is 0 Å². The van der Waals surface area contributed by atoms with Gasteiger partial charge in [-0.3, -0.25) is 9.59 Å². The minimum absolute atomic E-state index is 0.0142. The molecule has 1 aliphatic heterocycles. The van der Waals surface area contributed by atoms with Crippen LogP contribution in [0.15, 0.2) is 47.1 Å². The van der Waals surface area contributed by atoms with Crippen molar-refractivity contribution in [3.63, 3.8) is 0 Å². The van der Waals surface area contributed by atoms with E-state index in [1.54, 1.807) is 17.0 Å². The third-order valence-electron chi connectivity index (χ3n) is 5.18. The molecule has 1 fully saturated rings. The quantitative estimate of drug-likeness (QED) is 0.826. The first-order valence-electron chi connectivity index (χ1n) is 9.26. The highest BCUT2D eigenvalue weighted by atomic mass is 16.3. The number of carbonyl (C=O) groups excluding carboxylic acids is 2. The number of benzene rings is 1. The van der Waals surface area contributed by atoms with Crippen LogP contribution in [0.4, 0.5) is 0 Å². The molecule has 0 bridgehead atoms. The lowest BCUT2D eigenvalue weighted by Gasteiger charge is -2.33. The van der Waals surface area contributed by atoms with Crippen molar-refractivity contribution in [1.82, 2.24) is 9.80 Å². The van der Waals surface area contributed by atoms with Crippen LogP contribution in [0.3, 0.4) is 0 Å². The van der Waals surface area contributed by atoms with Crippen LogP contribution in [0.1, 0.15) is 41.4 Å². The van der Waals surface area contributed by atoms with Crippen molar-refractivity contribution < 1.29 is 14.0 Å². The number of rotatable bonds is 5. The Balaban J connectivity index is 1.58. The van der Waals surface area contributed by atoms with E-state index in [0.717, 1.165) is 0 Å². The van der Waals surface area contributed by atoms with E-state index in [4.69, 9.17) is 4.42 Å². The second-order valence-corrected chi connectivity index (χ2v) is 6.82. The summed E-state index contributed by atoms with van der Waals surface area (Å²) in [6.45, 7) is 6.63. The molecule has 5 heteroatoms. The molecule has 2 amide bonds. The van der Waals surface area contributed by atoms with Crippen LogP contribution >= 0.6 is 0 Å². The van der Waals surface area contributed by atoms with E-state index in [1.165, 1.54) is 17.4 Å². The fourth-order valence-electron chi connectivity index (χ4n) is 3.48. The predicted molar refractivity (Wildman–Crippen MR) is 99.6 cm³/mol. The minimum atomic E-state index is -0.0897. The van der Waals surface area contributed by atoms with Crippen LogP contribution in [0.25, 0.3) is 0 Å². The van der Waals surface area contributed by atoms with Crippen LogP contribution in [0.2, 0.25) is 0 Å². The van der Waals surface area contributed by atoms with Gasteiger partial charge in [0.05, 0.1) is 6.26 Å². The second kappa shape index (κ2) is 8.21. The summed E-state index contributed by atoms with van der Waals surface area (Å²) in [4.78, 5) is 29.0. The molecule has 5 nitrogen and oxygen atoms in total. The maximum atomic E-state index is 13.0. The Labute approximate surface area is 154 Å². The third-order valence-corrected chi connectivity index (χ3v) is 5.18. The molecular formula is C21H26N2O3. The summed E-state index contributed by atoms with van der Waals surface area (Å²) >= 11 is 0. The first kappa shape index (κ1) is 18.2. The summed E-state index contributed by atoms with van der Waals surface area (Å²) in [6, 6.07) is 11.6. The van der Waals surface area contributed by atoms with Gasteiger partial charge in [0.1, 0.15) is 0 Å². The Morgan fingerprint density at radius 3 is 2.50 bits per heavy atom. The Morgan fingerprint density at radius 1 is 1.15 bits per heavy atom. The molecule has 0 N–H and O–H groups in total. The largest absolute Gasteiger partial charge is 0.459 e. The number of carbonyl (C=O) groups is 2. The highest BCUT2D eigenvalue weighted by Gasteiger charge is 2.30. The molecule has 1 aromatic heterocycles. The van der Waals surface area contributed by atoms with Gasteiger partial charge >= 0.3 is 0 Å². The molecule has 0 unspecified atom stereocenters. The zero-order chi connectivity index (χ0) is 18.5. The number of hydrogen-bond acceptors (Lipinski definition) is 3. The van der Waals surface area contributed by atoms with Gasteiger partial charge in [0.2, 0.25) is 5.91 Å². The first-order valence-corrected chi connectivity index (χ1v) is 9.26. The molecule has 2 aromatic rings. The number of amides is 2. The summed E-state index contributed by atoms with van der Waals surface area (Å²) < 4.78 is 5.19. The normalized spacial score (nSPS) is 15.1. The van der Waals surface area contributed by atoms with E-state index < -0.39 is 0 Å². The molecule has 26 heavy (non-hydrogen) atoms. The van der Waals surface area contributed by atoms with E-state index in [-0.39, 0.29) is 17.7 Å². The van der Waals surface area contributed by atoms with Gasteiger partial charge in [-0.25, -0.2) is 0 Å². The molecule has 0 radical (unpaired) electrons. The molecule has 138 valence electrons. The van der Waals surface area contributed by atoms with Crippen molar-refractivity contribution in [2.75, 3.05) is 19.6 Å². The molecule has 1 aliphatic rings. The Hall–Kier alpha value is -2.56. The molecule has 3 rings (SSSR count). The summed E-state index contributed by atoms with van der Waals surface area (Å²) in [5, 5.41) is 0. The lowest BCUT2D eigenvalue weighted by Crippen LogP contribution is -2.44. The average molecular weight is 354 g/mol. The molecule has 0 saturated carbocycles. The van der Waals surface area contributed by atoms with Gasteiger partial charge in [-0.15, -0.1) is 0 Å².